The minimum Gasteiger partial charge on any atom is -0.409 e. The second-order valence-corrected chi connectivity index (χ2v) is 6.00. The lowest BCUT2D eigenvalue weighted by molar-refractivity contribution is -0.128. The molecule has 5 heteroatoms. The first-order valence-corrected chi connectivity index (χ1v) is 7.85. The van der Waals surface area contributed by atoms with E-state index < -0.39 is 5.41 Å². The molecular weight excluding hydrogens is 254 g/mol. The molecule has 0 spiro atoms. The lowest BCUT2D eigenvalue weighted by atomic mass is 9.83. The average molecular weight is 283 g/mol. The first-order chi connectivity index (χ1) is 9.56. The number of carbonyl (C=O) groups is 1. The monoisotopic (exact) mass is 283 g/mol. The molecule has 1 aliphatic carbocycles. The second-order valence-electron chi connectivity index (χ2n) is 6.00. The van der Waals surface area contributed by atoms with E-state index in [1.54, 1.807) is 0 Å². The number of nitrogens with zero attached hydrogens (tertiary/aromatic N) is 1. The third-order valence-corrected chi connectivity index (χ3v) is 4.36. The Morgan fingerprint density at radius 3 is 2.55 bits per heavy atom. The SMILES string of the molecule is CCCCCCC(C)NC(=O)C1(C(N)=NO)CCCC1. The number of oxime groups is 1. The smallest absolute Gasteiger partial charge is 0.234 e. The molecule has 1 saturated carbocycles. The fourth-order valence-corrected chi connectivity index (χ4v) is 2.99. The van der Waals surface area contributed by atoms with Gasteiger partial charge in [0.25, 0.3) is 0 Å². The van der Waals surface area contributed by atoms with Gasteiger partial charge < -0.3 is 16.3 Å². The molecule has 20 heavy (non-hydrogen) atoms. The summed E-state index contributed by atoms with van der Waals surface area (Å²) < 4.78 is 0. The number of unbranched alkanes of at least 4 members (excludes halogenated alkanes) is 3. The summed E-state index contributed by atoms with van der Waals surface area (Å²) in [6, 6.07) is 0.142. The van der Waals surface area contributed by atoms with E-state index in [1.807, 2.05) is 6.92 Å². The summed E-state index contributed by atoms with van der Waals surface area (Å²) >= 11 is 0. The maximum Gasteiger partial charge on any atom is 0.234 e. The fourth-order valence-electron chi connectivity index (χ4n) is 2.99. The quantitative estimate of drug-likeness (QED) is 0.210. The van der Waals surface area contributed by atoms with Crippen molar-refractivity contribution in [2.75, 3.05) is 0 Å². The maximum absolute atomic E-state index is 12.5. The molecule has 116 valence electrons. The predicted octanol–water partition coefficient (Wildman–Crippen LogP) is 2.77. The van der Waals surface area contributed by atoms with Crippen molar-refractivity contribution in [3.8, 4) is 0 Å². The van der Waals surface area contributed by atoms with Gasteiger partial charge in [-0.2, -0.15) is 0 Å². The molecule has 1 rings (SSSR count). The Balaban J connectivity index is 2.51. The van der Waals surface area contributed by atoms with Crippen LogP contribution >= 0.6 is 0 Å². The van der Waals surface area contributed by atoms with Crippen LogP contribution in [-0.2, 0) is 4.79 Å². The lowest BCUT2D eigenvalue weighted by Crippen LogP contribution is -2.50. The number of hydrogen-bond donors (Lipinski definition) is 3. The summed E-state index contributed by atoms with van der Waals surface area (Å²) in [6.07, 6.45) is 9.05. The Hall–Kier alpha value is -1.26. The van der Waals surface area contributed by atoms with Gasteiger partial charge in [0, 0.05) is 6.04 Å². The van der Waals surface area contributed by atoms with E-state index in [0.717, 1.165) is 25.7 Å². The van der Waals surface area contributed by atoms with Crippen molar-refractivity contribution in [3.63, 3.8) is 0 Å². The van der Waals surface area contributed by atoms with Crippen LogP contribution in [0.3, 0.4) is 0 Å². The van der Waals surface area contributed by atoms with Crippen molar-refractivity contribution < 1.29 is 10.0 Å². The molecule has 5 nitrogen and oxygen atoms in total. The second kappa shape index (κ2) is 8.12. The number of nitrogens with one attached hydrogen (secondary N) is 1. The van der Waals surface area contributed by atoms with Crippen LogP contribution in [0.4, 0.5) is 0 Å². The van der Waals surface area contributed by atoms with Gasteiger partial charge >= 0.3 is 0 Å². The summed E-state index contributed by atoms with van der Waals surface area (Å²) in [7, 11) is 0. The number of nitrogens with two attached hydrogens (primary N) is 1. The van der Waals surface area contributed by atoms with Gasteiger partial charge in [0.2, 0.25) is 5.91 Å². The Morgan fingerprint density at radius 2 is 2.00 bits per heavy atom. The van der Waals surface area contributed by atoms with Crippen LogP contribution in [0.5, 0.6) is 0 Å². The molecule has 0 heterocycles. The predicted molar refractivity (Wildman–Crippen MR) is 80.7 cm³/mol. The molecule has 1 aliphatic rings. The number of rotatable bonds is 8. The van der Waals surface area contributed by atoms with Crippen LogP contribution in [0.2, 0.25) is 0 Å². The minimum absolute atomic E-state index is 0.0608. The highest BCUT2D eigenvalue weighted by molar-refractivity contribution is 6.07. The first kappa shape index (κ1) is 16.8. The van der Waals surface area contributed by atoms with Gasteiger partial charge in [0.1, 0.15) is 5.41 Å². The van der Waals surface area contributed by atoms with Crippen LogP contribution in [0.25, 0.3) is 0 Å². The van der Waals surface area contributed by atoms with Crippen molar-refractivity contribution in [1.29, 1.82) is 0 Å². The van der Waals surface area contributed by atoms with Crippen LogP contribution in [-0.4, -0.2) is 23.0 Å². The molecule has 1 amide bonds. The Morgan fingerprint density at radius 1 is 1.35 bits per heavy atom. The Kier molecular flexibility index (Phi) is 6.82. The van der Waals surface area contributed by atoms with Gasteiger partial charge in [-0.1, -0.05) is 50.6 Å². The van der Waals surface area contributed by atoms with E-state index in [1.165, 1.54) is 19.3 Å². The van der Waals surface area contributed by atoms with Crippen molar-refractivity contribution in [2.45, 2.75) is 77.7 Å². The zero-order valence-electron chi connectivity index (χ0n) is 12.8. The molecule has 0 aromatic rings. The van der Waals surface area contributed by atoms with E-state index in [9.17, 15) is 4.79 Å². The Bertz CT molecular complexity index is 336. The highest BCUT2D eigenvalue weighted by atomic mass is 16.4. The summed E-state index contributed by atoms with van der Waals surface area (Å²) in [6.45, 7) is 4.21. The van der Waals surface area contributed by atoms with Crippen molar-refractivity contribution in [2.24, 2.45) is 16.3 Å². The average Bonchev–Trinajstić information content (AvgIpc) is 2.93. The zero-order valence-corrected chi connectivity index (χ0v) is 12.8. The van der Waals surface area contributed by atoms with E-state index in [4.69, 9.17) is 10.9 Å². The number of hydrogen-bond acceptors (Lipinski definition) is 3. The van der Waals surface area contributed by atoms with Crippen molar-refractivity contribution in [3.05, 3.63) is 0 Å². The van der Waals surface area contributed by atoms with E-state index in [-0.39, 0.29) is 17.8 Å². The van der Waals surface area contributed by atoms with Crippen molar-refractivity contribution >= 4 is 11.7 Å². The third-order valence-electron chi connectivity index (χ3n) is 4.36. The fraction of sp³-hybridized carbons (Fsp3) is 0.867. The maximum atomic E-state index is 12.5. The van der Waals surface area contributed by atoms with Gasteiger partial charge in [0.05, 0.1) is 0 Å². The summed E-state index contributed by atoms with van der Waals surface area (Å²) in [5.74, 6) is -0.0148. The van der Waals surface area contributed by atoms with Gasteiger partial charge in [-0.25, -0.2) is 0 Å². The summed E-state index contributed by atoms with van der Waals surface area (Å²) in [5.41, 5.74) is 4.98. The van der Waals surface area contributed by atoms with Gasteiger partial charge in [-0.05, 0) is 26.2 Å². The van der Waals surface area contributed by atoms with Crippen LogP contribution in [0, 0.1) is 5.41 Å². The molecular formula is C15H29N3O2. The van der Waals surface area contributed by atoms with E-state index >= 15 is 0 Å². The summed E-state index contributed by atoms with van der Waals surface area (Å²) in [4.78, 5) is 12.5. The standard InChI is InChI=1S/C15H29N3O2/c1-3-4-5-6-9-12(2)17-14(19)15(13(16)18-20)10-7-8-11-15/h12,20H,3-11H2,1-2H3,(H2,16,18)(H,17,19). The number of carbonyl (C=O) groups excluding carboxylic acids is 1. The topological polar surface area (TPSA) is 87.7 Å². The summed E-state index contributed by atoms with van der Waals surface area (Å²) in [5, 5.41) is 15.1. The first-order valence-electron chi connectivity index (χ1n) is 7.85. The Labute approximate surface area is 122 Å². The largest absolute Gasteiger partial charge is 0.409 e. The molecule has 1 fully saturated rings. The molecule has 1 unspecified atom stereocenters. The van der Waals surface area contributed by atoms with E-state index in [0.29, 0.717) is 12.8 Å². The molecule has 0 aliphatic heterocycles. The number of amidine groups is 1. The van der Waals surface area contributed by atoms with Crippen LogP contribution < -0.4 is 11.1 Å². The number of amides is 1. The van der Waals surface area contributed by atoms with Gasteiger partial charge in [0.15, 0.2) is 5.84 Å². The molecule has 4 N–H and O–H groups in total. The highest BCUT2D eigenvalue weighted by Crippen LogP contribution is 2.38. The minimum atomic E-state index is -0.785. The van der Waals surface area contributed by atoms with Crippen LogP contribution in [0.15, 0.2) is 5.16 Å². The molecule has 1 atom stereocenters. The molecule has 0 bridgehead atoms. The van der Waals surface area contributed by atoms with Gasteiger partial charge in [-0.15, -0.1) is 0 Å². The molecule has 0 saturated heterocycles. The van der Waals surface area contributed by atoms with Crippen LogP contribution in [0.1, 0.15) is 71.6 Å². The third kappa shape index (κ3) is 4.12. The lowest BCUT2D eigenvalue weighted by Gasteiger charge is -2.28. The van der Waals surface area contributed by atoms with E-state index in [2.05, 4.69) is 17.4 Å². The molecule has 0 aromatic carbocycles. The normalized spacial score (nSPS) is 19.8. The highest BCUT2D eigenvalue weighted by Gasteiger charge is 2.45. The zero-order chi connectivity index (χ0) is 15.0. The molecule has 0 aromatic heterocycles. The van der Waals surface area contributed by atoms with Gasteiger partial charge in [-0.3, -0.25) is 4.79 Å². The molecule has 0 radical (unpaired) electrons. The van der Waals surface area contributed by atoms with Crippen molar-refractivity contribution in [1.82, 2.24) is 5.32 Å².